The van der Waals surface area contributed by atoms with Crippen molar-refractivity contribution in [1.29, 1.82) is 0 Å². The first-order valence-electron chi connectivity index (χ1n) is 6.80. The van der Waals surface area contributed by atoms with Crippen molar-refractivity contribution in [2.75, 3.05) is 7.05 Å². The van der Waals surface area contributed by atoms with E-state index < -0.39 is 0 Å². The summed E-state index contributed by atoms with van der Waals surface area (Å²) in [7, 11) is 1.74. The van der Waals surface area contributed by atoms with Gasteiger partial charge in [0.15, 0.2) is 0 Å². The monoisotopic (exact) mass is 297 g/mol. The number of rotatable bonds is 4. The van der Waals surface area contributed by atoms with E-state index in [4.69, 9.17) is 0 Å². The van der Waals surface area contributed by atoms with Crippen LogP contribution in [0.15, 0.2) is 42.7 Å². The van der Waals surface area contributed by atoms with Gasteiger partial charge in [0.1, 0.15) is 6.33 Å². The highest BCUT2D eigenvalue weighted by atomic mass is 16.3. The fourth-order valence-electron chi connectivity index (χ4n) is 2.17. The molecule has 112 valence electrons. The molecule has 0 aliphatic heterocycles. The van der Waals surface area contributed by atoms with Crippen molar-refractivity contribution in [2.24, 2.45) is 0 Å². The van der Waals surface area contributed by atoms with Crippen molar-refractivity contribution < 1.29 is 9.90 Å². The number of benzene rings is 1. The van der Waals surface area contributed by atoms with Gasteiger partial charge in [-0.15, -0.1) is 0 Å². The molecule has 7 nitrogen and oxygen atoms in total. The zero-order valence-electron chi connectivity index (χ0n) is 12.0. The Kier molecular flexibility index (Phi) is 3.69. The maximum Gasteiger partial charge on any atom is 0.255 e. The molecule has 0 atom stereocenters. The fraction of sp³-hybridized carbons (Fsp3) is 0.200. The number of fused-ring (bicyclic) bond motifs is 1. The van der Waals surface area contributed by atoms with Crippen molar-refractivity contribution in [3.63, 3.8) is 0 Å². The minimum atomic E-state index is -0.0870. The quantitative estimate of drug-likeness (QED) is 0.777. The van der Waals surface area contributed by atoms with Gasteiger partial charge in [0.05, 0.1) is 12.1 Å². The third-order valence-corrected chi connectivity index (χ3v) is 3.31. The van der Waals surface area contributed by atoms with Crippen LogP contribution in [0, 0.1) is 0 Å². The molecule has 7 heteroatoms. The van der Waals surface area contributed by atoms with Crippen LogP contribution in [0.25, 0.3) is 5.78 Å². The van der Waals surface area contributed by atoms with Crippen LogP contribution >= 0.6 is 0 Å². The molecule has 0 fully saturated rings. The van der Waals surface area contributed by atoms with Gasteiger partial charge in [0.25, 0.3) is 5.78 Å². The molecule has 0 unspecified atom stereocenters. The second-order valence-corrected chi connectivity index (χ2v) is 4.99. The Morgan fingerprint density at radius 1 is 1.32 bits per heavy atom. The van der Waals surface area contributed by atoms with Crippen LogP contribution < -0.4 is 0 Å². The lowest BCUT2D eigenvalue weighted by Crippen LogP contribution is -2.28. The number of aromatic nitrogens is 4. The van der Waals surface area contributed by atoms with E-state index in [0.717, 1.165) is 5.56 Å². The summed E-state index contributed by atoms with van der Waals surface area (Å²) >= 11 is 0. The molecule has 2 aromatic heterocycles. The molecule has 3 rings (SSSR count). The van der Waals surface area contributed by atoms with Gasteiger partial charge in [-0.3, -0.25) is 4.79 Å². The van der Waals surface area contributed by atoms with Gasteiger partial charge in [-0.05, 0) is 5.56 Å². The number of likely N-dealkylation sites (N-methyl/N-ethyl adjacent to an activating group) is 1. The molecule has 0 aliphatic rings. The van der Waals surface area contributed by atoms with Crippen LogP contribution in [0.5, 0.6) is 5.88 Å². The first-order valence-corrected chi connectivity index (χ1v) is 6.80. The first-order chi connectivity index (χ1) is 10.6. The van der Waals surface area contributed by atoms with Crippen LogP contribution in [-0.4, -0.2) is 42.5 Å². The van der Waals surface area contributed by atoms with E-state index in [0.29, 0.717) is 12.2 Å². The van der Waals surface area contributed by atoms with Crippen LogP contribution in [0.2, 0.25) is 0 Å². The molecule has 3 aromatic rings. The predicted molar refractivity (Wildman–Crippen MR) is 79.1 cm³/mol. The normalized spacial score (nSPS) is 10.8. The summed E-state index contributed by atoms with van der Waals surface area (Å²) in [5.41, 5.74) is 1.52. The molecule has 0 radical (unpaired) electrons. The number of carbonyl (C=O) groups is 1. The highest BCUT2D eigenvalue weighted by molar-refractivity contribution is 5.78. The van der Waals surface area contributed by atoms with Gasteiger partial charge < -0.3 is 10.0 Å². The lowest BCUT2D eigenvalue weighted by Gasteiger charge is -2.17. The number of hydrogen-bond acceptors (Lipinski definition) is 5. The summed E-state index contributed by atoms with van der Waals surface area (Å²) in [5, 5.41) is 13.7. The molecular weight excluding hydrogens is 282 g/mol. The standard InChI is InChI=1S/C15H15N5O2/c1-19(9-11-5-3-2-4-6-11)13(21)7-12-8-14(22)20-15(18-12)16-10-17-20/h2-6,8,10,22H,7,9H2,1H3. The topological polar surface area (TPSA) is 83.6 Å². The van der Waals surface area contributed by atoms with Crippen LogP contribution in [0.3, 0.4) is 0 Å². The van der Waals surface area contributed by atoms with Gasteiger partial charge in [-0.1, -0.05) is 30.3 Å². The van der Waals surface area contributed by atoms with E-state index in [-0.39, 0.29) is 24.0 Å². The summed E-state index contributed by atoms with van der Waals surface area (Å²) in [6, 6.07) is 11.2. The minimum absolute atomic E-state index is 0.0837. The molecule has 0 spiro atoms. The molecule has 22 heavy (non-hydrogen) atoms. The highest BCUT2D eigenvalue weighted by Gasteiger charge is 2.13. The number of carbonyl (C=O) groups excluding carboxylic acids is 1. The summed E-state index contributed by atoms with van der Waals surface area (Å²) in [6.45, 7) is 0.527. The lowest BCUT2D eigenvalue weighted by atomic mass is 10.2. The van der Waals surface area contributed by atoms with E-state index in [9.17, 15) is 9.90 Å². The van der Waals surface area contributed by atoms with Crippen molar-refractivity contribution in [2.45, 2.75) is 13.0 Å². The second kappa shape index (κ2) is 5.80. The van der Waals surface area contributed by atoms with Crippen molar-refractivity contribution >= 4 is 11.7 Å². The maximum absolute atomic E-state index is 12.3. The zero-order valence-corrected chi connectivity index (χ0v) is 12.0. The molecular formula is C15H15N5O2. The Balaban J connectivity index is 1.72. The first kappa shape index (κ1) is 14.0. The Labute approximate surface area is 126 Å². The Morgan fingerprint density at radius 2 is 2.09 bits per heavy atom. The average molecular weight is 297 g/mol. The number of hydrogen-bond donors (Lipinski definition) is 1. The van der Waals surface area contributed by atoms with Crippen molar-refractivity contribution in [3.05, 3.63) is 54.0 Å². The van der Waals surface area contributed by atoms with Crippen LogP contribution in [-0.2, 0) is 17.8 Å². The SMILES string of the molecule is CN(Cc1ccccc1)C(=O)Cc1cc(O)n2ncnc2n1. The average Bonchev–Trinajstić information content (AvgIpc) is 2.97. The molecule has 1 amide bonds. The number of nitrogens with zero attached hydrogens (tertiary/aromatic N) is 5. The highest BCUT2D eigenvalue weighted by Crippen LogP contribution is 2.12. The molecule has 0 saturated carbocycles. The largest absolute Gasteiger partial charge is 0.493 e. The summed E-state index contributed by atoms with van der Waals surface area (Å²) in [6.07, 6.45) is 1.40. The molecule has 2 heterocycles. The Morgan fingerprint density at radius 3 is 2.86 bits per heavy atom. The molecule has 1 N–H and O–H groups in total. The fourth-order valence-corrected chi connectivity index (χ4v) is 2.17. The third kappa shape index (κ3) is 2.88. The van der Waals surface area contributed by atoms with Gasteiger partial charge >= 0.3 is 0 Å². The van der Waals surface area contributed by atoms with E-state index in [1.165, 1.54) is 16.9 Å². The van der Waals surface area contributed by atoms with Crippen molar-refractivity contribution in [1.82, 2.24) is 24.5 Å². The number of aromatic hydroxyl groups is 1. The summed E-state index contributed by atoms with van der Waals surface area (Å²) in [5.74, 6) is 0.101. The molecule has 0 bridgehead atoms. The van der Waals surface area contributed by atoms with Gasteiger partial charge in [-0.25, -0.2) is 4.98 Å². The lowest BCUT2D eigenvalue weighted by molar-refractivity contribution is -0.129. The minimum Gasteiger partial charge on any atom is -0.493 e. The van der Waals surface area contributed by atoms with Gasteiger partial charge in [-0.2, -0.15) is 14.6 Å². The zero-order chi connectivity index (χ0) is 15.5. The van der Waals surface area contributed by atoms with Crippen molar-refractivity contribution in [3.8, 4) is 5.88 Å². The van der Waals surface area contributed by atoms with Crippen LogP contribution in [0.4, 0.5) is 0 Å². The Hall–Kier alpha value is -2.96. The smallest absolute Gasteiger partial charge is 0.255 e. The summed E-state index contributed by atoms with van der Waals surface area (Å²) in [4.78, 5) is 22.0. The van der Waals surface area contributed by atoms with Gasteiger partial charge in [0.2, 0.25) is 11.8 Å². The Bertz CT molecular complexity index is 800. The van der Waals surface area contributed by atoms with E-state index in [1.807, 2.05) is 30.3 Å². The maximum atomic E-state index is 12.3. The van der Waals surface area contributed by atoms with Crippen LogP contribution in [0.1, 0.15) is 11.3 Å². The predicted octanol–water partition coefficient (Wildman–Crippen LogP) is 1.03. The van der Waals surface area contributed by atoms with E-state index in [1.54, 1.807) is 11.9 Å². The molecule has 1 aromatic carbocycles. The second-order valence-electron chi connectivity index (χ2n) is 4.99. The summed E-state index contributed by atoms with van der Waals surface area (Å²) < 4.78 is 1.21. The van der Waals surface area contributed by atoms with E-state index in [2.05, 4.69) is 15.1 Å². The number of amides is 1. The third-order valence-electron chi connectivity index (χ3n) is 3.31. The molecule has 0 aliphatic carbocycles. The van der Waals surface area contributed by atoms with E-state index >= 15 is 0 Å². The molecule has 0 saturated heterocycles. The van der Waals surface area contributed by atoms with Gasteiger partial charge in [0, 0.05) is 19.7 Å².